The first-order valence-corrected chi connectivity index (χ1v) is 5.79. The molecule has 1 aliphatic rings. The molecule has 2 rings (SSSR count). The predicted octanol–water partition coefficient (Wildman–Crippen LogP) is 1.82. The van der Waals surface area contributed by atoms with Gasteiger partial charge in [0.25, 0.3) is 5.92 Å². The molecule has 0 saturated heterocycles. The molecule has 1 aromatic carbocycles. The zero-order chi connectivity index (χ0) is 14.4. The van der Waals surface area contributed by atoms with Gasteiger partial charge < -0.3 is 15.1 Å². The molecule has 0 radical (unpaired) electrons. The number of carbonyl (C=O) groups is 1. The monoisotopic (exact) mass is 271 g/mol. The summed E-state index contributed by atoms with van der Waals surface area (Å²) in [5.74, 6) is -4.79. The number of aliphatic carboxylic acids is 1. The minimum atomic E-state index is -3.23. The second-order valence-electron chi connectivity index (χ2n) is 5.17. The van der Waals surface area contributed by atoms with Gasteiger partial charge in [0, 0.05) is 18.5 Å². The van der Waals surface area contributed by atoms with Crippen molar-refractivity contribution in [1.29, 1.82) is 0 Å². The van der Waals surface area contributed by atoms with Crippen LogP contribution in [0.25, 0.3) is 0 Å². The molecule has 2 N–H and O–H groups in total. The Labute approximate surface area is 109 Å². The number of phenols is 1. The average molecular weight is 271 g/mol. The lowest BCUT2D eigenvalue weighted by Crippen LogP contribution is -2.27. The Kier molecular flexibility index (Phi) is 3.01. The molecule has 0 aromatic heterocycles. The standard InChI is InChI=1S/C13H15F2NO3/c1-16(2)6-8-5-9(3-4-10(8)17)12(11(18)19)7-13(12,14)15/h3-5,17H,6-7H2,1-2H3,(H,18,19). The lowest BCUT2D eigenvalue weighted by molar-refractivity contribution is -0.142. The molecule has 1 unspecified atom stereocenters. The first-order valence-electron chi connectivity index (χ1n) is 5.79. The van der Waals surface area contributed by atoms with Crippen LogP contribution in [0.1, 0.15) is 17.5 Å². The van der Waals surface area contributed by atoms with Crippen LogP contribution in [0.15, 0.2) is 18.2 Å². The fraction of sp³-hybridized carbons (Fsp3) is 0.462. The summed E-state index contributed by atoms with van der Waals surface area (Å²) < 4.78 is 26.9. The number of halogens is 2. The summed E-state index contributed by atoms with van der Waals surface area (Å²) in [5, 5.41) is 18.8. The fourth-order valence-electron chi connectivity index (χ4n) is 2.28. The molecule has 104 valence electrons. The van der Waals surface area contributed by atoms with Gasteiger partial charge in [0.15, 0.2) is 5.41 Å². The molecule has 0 aliphatic heterocycles. The minimum Gasteiger partial charge on any atom is -0.508 e. The van der Waals surface area contributed by atoms with Crippen LogP contribution >= 0.6 is 0 Å². The van der Waals surface area contributed by atoms with Gasteiger partial charge >= 0.3 is 5.97 Å². The number of aromatic hydroxyl groups is 1. The summed E-state index contributed by atoms with van der Waals surface area (Å²) in [5.41, 5.74) is -1.66. The number of carboxylic acids is 1. The molecule has 6 heteroatoms. The van der Waals surface area contributed by atoms with Crippen molar-refractivity contribution in [2.75, 3.05) is 14.1 Å². The smallest absolute Gasteiger partial charge is 0.320 e. The van der Waals surface area contributed by atoms with Crippen LogP contribution in [0.5, 0.6) is 5.75 Å². The zero-order valence-corrected chi connectivity index (χ0v) is 10.7. The van der Waals surface area contributed by atoms with E-state index in [4.69, 9.17) is 5.11 Å². The molecule has 19 heavy (non-hydrogen) atoms. The second kappa shape index (κ2) is 4.16. The van der Waals surface area contributed by atoms with Crippen LogP contribution in [0, 0.1) is 0 Å². The summed E-state index contributed by atoms with van der Waals surface area (Å²) >= 11 is 0. The van der Waals surface area contributed by atoms with E-state index >= 15 is 0 Å². The number of hydrogen-bond acceptors (Lipinski definition) is 3. The number of benzene rings is 1. The van der Waals surface area contributed by atoms with Crippen molar-refractivity contribution < 1.29 is 23.8 Å². The van der Waals surface area contributed by atoms with Gasteiger partial charge in [-0.3, -0.25) is 4.79 Å². The Morgan fingerprint density at radius 2 is 2.00 bits per heavy atom. The van der Waals surface area contributed by atoms with E-state index in [0.29, 0.717) is 12.1 Å². The Bertz CT molecular complexity index is 531. The third-order valence-corrected chi connectivity index (χ3v) is 3.41. The van der Waals surface area contributed by atoms with Crippen molar-refractivity contribution in [3.05, 3.63) is 29.3 Å². The van der Waals surface area contributed by atoms with E-state index in [0.717, 1.165) is 0 Å². The Morgan fingerprint density at radius 1 is 1.42 bits per heavy atom. The molecule has 0 heterocycles. The number of nitrogens with zero attached hydrogens (tertiary/aromatic N) is 1. The van der Waals surface area contributed by atoms with Crippen LogP contribution in [0.3, 0.4) is 0 Å². The van der Waals surface area contributed by atoms with Crippen LogP contribution < -0.4 is 0 Å². The molecule has 1 saturated carbocycles. The van der Waals surface area contributed by atoms with Crippen molar-refractivity contribution in [3.8, 4) is 5.75 Å². The van der Waals surface area contributed by atoms with Gasteiger partial charge in [-0.2, -0.15) is 0 Å². The van der Waals surface area contributed by atoms with Crippen molar-refractivity contribution in [2.45, 2.75) is 24.3 Å². The second-order valence-corrected chi connectivity index (χ2v) is 5.17. The van der Waals surface area contributed by atoms with Gasteiger partial charge in [0.1, 0.15) is 5.75 Å². The highest BCUT2D eigenvalue weighted by atomic mass is 19.3. The first kappa shape index (κ1) is 13.7. The summed E-state index contributed by atoms with van der Waals surface area (Å²) in [6.45, 7) is 0.348. The van der Waals surface area contributed by atoms with Gasteiger partial charge in [0.05, 0.1) is 0 Å². The van der Waals surface area contributed by atoms with Crippen molar-refractivity contribution in [3.63, 3.8) is 0 Å². The largest absolute Gasteiger partial charge is 0.508 e. The maximum Gasteiger partial charge on any atom is 0.320 e. The summed E-state index contributed by atoms with van der Waals surface area (Å²) in [6, 6.07) is 3.88. The summed E-state index contributed by atoms with van der Waals surface area (Å²) in [7, 11) is 3.54. The van der Waals surface area contributed by atoms with E-state index in [1.807, 2.05) is 0 Å². The van der Waals surface area contributed by atoms with Gasteiger partial charge in [-0.25, -0.2) is 8.78 Å². The molecule has 1 atom stereocenters. The van der Waals surface area contributed by atoms with E-state index in [-0.39, 0.29) is 11.3 Å². The maximum absolute atomic E-state index is 13.4. The molecule has 0 amide bonds. The predicted molar refractivity (Wildman–Crippen MR) is 64.4 cm³/mol. The van der Waals surface area contributed by atoms with Crippen LogP contribution in [-0.4, -0.2) is 41.1 Å². The quantitative estimate of drug-likeness (QED) is 0.877. The third kappa shape index (κ3) is 2.06. The lowest BCUT2D eigenvalue weighted by atomic mass is 9.93. The Morgan fingerprint density at radius 3 is 2.42 bits per heavy atom. The van der Waals surface area contributed by atoms with E-state index in [2.05, 4.69) is 0 Å². The van der Waals surface area contributed by atoms with E-state index in [9.17, 15) is 18.7 Å². The van der Waals surface area contributed by atoms with Crippen LogP contribution in [-0.2, 0) is 16.8 Å². The van der Waals surface area contributed by atoms with E-state index in [1.54, 1.807) is 19.0 Å². The Hall–Kier alpha value is -1.69. The van der Waals surface area contributed by atoms with Crippen molar-refractivity contribution in [2.24, 2.45) is 0 Å². The molecule has 0 spiro atoms. The SMILES string of the molecule is CN(C)Cc1cc(C2(C(=O)O)CC2(F)F)ccc1O. The number of carboxylic acid groups (broad SMARTS) is 1. The minimum absolute atomic E-state index is 0.0260. The topological polar surface area (TPSA) is 60.8 Å². The van der Waals surface area contributed by atoms with E-state index in [1.165, 1.54) is 18.2 Å². The van der Waals surface area contributed by atoms with Crippen LogP contribution in [0.2, 0.25) is 0 Å². The highest BCUT2D eigenvalue weighted by Gasteiger charge is 2.77. The first-order chi connectivity index (χ1) is 8.70. The van der Waals surface area contributed by atoms with Crippen molar-refractivity contribution in [1.82, 2.24) is 4.90 Å². The third-order valence-electron chi connectivity index (χ3n) is 3.41. The number of alkyl halides is 2. The molecule has 1 fully saturated rings. The average Bonchev–Trinajstić information content (AvgIpc) is 2.86. The highest BCUT2D eigenvalue weighted by Crippen LogP contribution is 2.62. The normalized spacial score (nSPS) is 24.5. The number of phenolic OH excluding ortho intramolecular Hbond substituents is 1. The zero-order valence-electron chi connectivity index (χ0n) is 10.7. The molecule has 4 nitrogen and oxygen atoms in total. The van der Waals surface area contributed by atoms with Gasteiger partial charge in [-0.05, 0) is 31.8 Å². The van der Waals surface area contributed by atoms with Gasteiger partial charge in [0.2, 0.25) is 0 Å². The fourth-order valence-corrected chi connectivity index (χ4v) is 2.28. The Balaban J connectivity index is 2.44. The lowest BCUT2D eigenvalue weighted by Gasteiger charge is -2.16. The highest BCUT2D eigenvalue weighted by molar-refractivity contribution is 5.87. The van der Waals surface area contributed by atoms with E-state index < -0.39 is 23.7 Å². The molecular weight excluding hydrogens is 256 g/mol. The summed E-state index contributed by atoms with van der Waals surface area (Å²) in [6.07, 6.45) is -0.693. The summed E-state index contributed by atoms with van der Waals surface area (Å²) in [4.78, 5) is 12.9. The van der Waals surface area contributed by atoms with Crippen molar-refractivity contribution >= 4 is 5.97 Å². The number of rotatable bonds is 4. The molecule has 1 aliphatic carbocycles. The molecule has 0 bridgehead atoms. The van der Waals surface area contributed by atoms with Crippen LogP contribution in [0.4, 0.5) is 8.78 Å². The van der Waals surface area contributed by atoms with Gasteiger partial charge in [-0.15, -0.1) is 0 Å². The molecule has 1 aromatic rings. The molecular formula is C13H15F2NO3. The number of hydrogen-bond donors (Lipinski definition) is 2. The maximum atomic E-state index is 13.4. The van der Waals surface area contributed by atoms with Gasteiger partial charge in [-0.1, -0.05) is 6.07 Å².